The third-order valence-corrected chi connectivity index (χ3v) is 4.14. The van der Waals surface area contributed by atoms with Gasteiger partial charge in [-0.25, -0.2) is 4.98 Å². The molecule has 0 aliphatic carbocycles. The molecule has 0 unspecified atom stereocenters. The van der Waals surface area contributed by atoms with Gasteiger partial charge in [0.05, 0.1) is 16.8 Å². The summed E-state index contributed by atoms with van der Waals surface area (Å²) in [4.78, 5) is 21.5. The minimum absolute atomic E-state index is 0.0598. The summed E-state index contributed by atoms with van der Waals surface area (Å²) in [6.07, 6.45) is 6.24. The topological polar surface area (TPSA) is 61.0 Å². The first-order chi connectivity index (χ1) is 10.1. The van der Waals surface area contributed by atoms with E-state index in [0.29, 0.717) is 5.92 Å². The number of hydrogen-bond acceptors (Lipinski definition) is 3. The molecule has 2 N–H and O–H groups in total. The van der Waals surface area contributed by atoms with Gasteiger partial charge in [-0.1, -0.05) is 6.92 Å². The van der Waals surface area contributed by atoms with Crippen molar-refractivity contribution in [2.45, 2.75) is 33.6 Å². The van der Waals surface area contributed by atoms with Crippen LogP contribution in [0.5, 0.6) is 0 Å². The molecule has 0 spiro atoms. The summed E-state index contributed by atoms with van der Waals surface area (Å²) in [5.41, 5.74) is 4.01. The van der Waals surface area contributed by atoms with Crippen molar-refractivity contribution >= 4 is 28.3 Å². The molecule has 3 heterocycles. The first kappa shape index (κ1) is 13.9. The highest BCUT2D eigenvalue weighted by Crippen LogP contribution is 2.36. The van der Waals surface area contributed by atoms with E-state index in [9.17, 15) is 4.79 Å². The van der Waals surface area contributed by atoms with Crippen molar-refractivity contribution in [1.29, 1.82) is 0 Å². The van der Waals surface area contributed by atoms with Crippen LogP contribution in [0.3, 0.4) is 0 Å². The fourth-order valence-electron chi connectivity index (χ4n) is 3.26. The average molecular weight is 286 g/mol. The number of nitrogens with zero attached hydrogens (tertiary/aromatic N) is 2. The van der Waals surface area contributed by atoms with E-state index < -0.39 is 0 Å². The Labute approximate surface area is 124 Å². The van der Waals surface area contributed by atoms with Crippen molar-refractivity contribution in [3.8, 4) is 0 Å². The predicted octanol–water partition coefficient (Wildman–Crippen LogP) is 3.07. The van der Waals surface area contributed by atoms with Gasteiger partial charge in [0, 0.05) is 32.4 Å². The first-order valence-electron chi connectivity index (χ1n) is 7.55. The molecule has 1 aliphatic rings. The van der Waals surface area contributed by atoms with Gasteiger partial charge in [-0.05, 0) is 31.2 Å². The molecule has 21 heavy (non-hydrogen) atoms. The Morgan fingerprint density at radius 2 is 2.33 bits per heavy atom. The number of H-pyrrole nitrogens is 1. The Morgan fingerprint density at radius 1 is 1.52 bits per heavy atom. The number of nitrogens with one attached hydrogen (secondary N) is 2. The van der Waals surface area contributed by atoms with Crippen LogP contribution < -0.4 is 10.2 Å². The highest BCUT2D eigenvalue weighted by atomic mass is 16.1. The molecule has 0 bridgehead atoms. The van der Waals surface area contributed by atoms with Gasteiger partial charge in [0.25, 0.3) is 0 Å². The van der Waals surface area contributed by atoms with Gasteiger partial charge in [0.1, 0.15) is 5.65 Å². The molecule has 0 saturated carbocycles. The van der Waals surface area contributed by atoms with Crippen molar-refractivity contribution in [3.05, 3.63) is 18.0 Å². The number of piperidine rings is 1. The molecule has 0 aromatic carbocycles. The van der Waals surface area contributed by atoms with Crippen molar-refractivity contribution in [2.75, 3.05) is 23.3 Å². The Kier molecular flexibility index (Phi) is 3.57. The Morgan fingerprint density at radius 3 is 3.05 bits per heavy atom. The van der Waals surface area contributed by atoms with E-state index in [0.717, 1.165) is 35.4 Å². The summed E-state index contributed by atoms with van der Waals surface area (Å²) < 4.78 is 0. The maximum absolute atomic E-state index is 11.4. The summed E-state index contributed by atoms with van der Waals surface area (Å²) >= 11 is 0. The van der Waals surface area contributed by atoms with Crippen molar-refractivity contribution in [1.82, 2.24) is 9.97 Å². The van der Waals surface area contributed by atoms with Crippen LogP contribution in [0.25, 0.3) is 11.0 Å². The molecule has 3 rings (SSSR count). The summed E-state index contributed by atoms with van der Waals surface area (Å²) in [5, 5.41) is 3.94. The minimum Gasteiger partial charge on any atom is -0.370 e. The number of pyridine rings is 1. The van der Waals surface area contributed by atoms with E-state index in [-0.39, 0.29) is 5.91 Å². The van der Waals surface area contributed by atoms with Gasteiger partial charge in [-0.15, -0.1) is 0 Å². The smallest absolute Gasteiger partial charge is 0.221 e. The molecule has 112 valence electrons. The van der Waals surface area contributed by atoms with E-state index >= 15 is 0 Å². The van der Waals surface area contributed by atoms with Crippen LogP contribution >= 0.6 is 0 Å². The van der Waals surface area contributed by atoms with Gasteiger partial charge in [-0.2, -0.15) is 0 Å². The second-order valence-corrected chi connectivity index (χ2v) is 6.09. The minimum atomic E-state index is -0.0598. The molecule has 2 aromatic heterocycles. The van der Waals surface area contributed by atoms with Crippen molar-refractivity contribution in [3.63, 3.8) is 0 Å². The number of carbonyl (C=O) groups excluding carboxylic acids is 1. The van der Waals surface area contributed by atoms with Crippen LogP contribution in [0.15, 0.2) is 12.4 Å². The Bertz CT molecular complexity index is 676. The lowest BCUT2D eigenvalue weighted by Gasteiger charge is -2.34. The third-order valence-electron chi connectivity index (χ3n) is 4.14. The zero-order valence-corrected chi connectivity index (χ0v) is 12.9. The number of aromatic nitrogens is 2. The molecule has 5 nitrogen and oxygen atoms in total. The number of fused-ring (bicyclic) bond motifs is 1. The number of aromatic amines is 1. The summed E-state index contributed by atoms with van der Waals surface area (Å²) in [5.74, 6) is 0.639. The van der Waals surface area contributed by atoms with Gasteiger partial charge < -0.3 is 15.2 Å². The molecular weight excluding hydrogens is 264 g/mol. The average Bonchev–Trinajstić information content (AvgIpc) is 2.81. The lowest BCUT2D eigenvalue weighted by atomic mass is 9.98. The van der Waals surface area contributed by atoms with Crippen LogP contribution in [-0.4, -0.2) is 29.0 Å². The lowest BCUT2D eigenvalue weighted by molar-refractivity contribution is -0.114. The van der Waals surface area contributed by atoms with Crippen LogP contribution in [0, 0.1) is 12.8 Å². The largest absolute Gasteiger partial charge is 0.370 e. The normalized spacial score (nSPS) is 19.0. The number of hydrogen-bond donors (Lipinski definition) is 2. The lowest BCUT2D eigenvalue weighted by Crippen LogP contribution is -2.34. The number of rotatable bonds is 2. The van der Waals surface area contributed by atoms with E-state index in [1.54, 1.807) is 0 Å². The Hall–Kier alpha value is -2.04. The quantitative estimate of drug-likeness (QED) is 0.892. The van der Waals surface area contributed by atoms with E-state index in [1.165, 1.54) is 25.5 Å². The maximum atomic E-state index is 11.4. The van der Waals surface area contributed by atoms with Crippen LogP contribution in [-0.2, 0) is 4.79 Å². The number of amides is 1. The van der Waals surface area contributed by atoms with E-state index in [4.69, 9.17) is 0 Å². The monoisotopic (exact) mass is 286 g/mol. The Balaban J connectivity index is 2.12. The van der Waals surface area contributed by atoms with Crippen LogP contribution in [0.1, 0.15) is 32.3 Å². The molecule has 1 atom stereocenters. The van der Waals surface area contributed by atoms with E-state index in [1.807, 2.05) is 12.4 Å². The van der Waals surface area contributed by atoms with Crippen LogP contribution in [0.2, 0.25) is 0 Å². The second kappa shape index (κ2) is 5.39. The van der Waals surface area contributed by atoms with Crippen molar-refractivity contribution < 1.29 is 4.79 Å². The van der Waals surface area contributed by atoms with E-state index in [2.05, 4.69) is 34.0 Å². The second-order valence-electron chi connectivity index (χ2n) is 6.09. The molecule has 1 saturated heterocycles. The number of anilines is 2. The number of aryl methyl sites for hydroxylation is 1. The molecule has 1 amide bonds. The summed E-state index contributed by atoms with van der Waals surface area (Å²) in [6.45, 7) is 8.04. The summed E-state index contributed by atoms with van der Waals surface area (Å²) in [6, 6.07) is 0. The highest BCUT2D eigenvalue weighted by molar-refractivity contribution is 6.06. The highest BCUT2D eigenvalue weighted by Gasteiger charge is 2.22. The molecule has 1 aliphatic heterocycles. The van der Waals surface area contributed by atoms with Gasteiger partial charge >= 0.3 is 0 Å². The zero-order chi connectivity index (χ0) is 15.0. The maximum Gasteiger partial charge on any atom is 0.221 e. The molecule has 2 aromatic rings. The molecule has 5 heteroatoms. The van der Waals surface area contributed by atoms with Gasteiger partial charge in [0.15, 0.2) is 0 Å². The third kappa shape index (κ3) is 2.60. The van der Waals surface area contributed by atoms with Crippen LogP contribution in [0.4, 0.5) is 11.4 Å². The van der Waals surface area contributed by atoms with Gasteiger partial charge in [0.2, 0.25) is 5.91 Å². The predicted molar refractivity (Wildman–Crippen MR) is 85.7 cm³/mol. The molecule has 0 radical (unpaired) electrons. The SMILES string of the molecule is CC(=O)Nc1c[nH]c2ncc(C)c(N3CCC[C@@H](C)C3)c12. The summed E-state index contributed by atoms with van der Waals surface area (Å²) in [7, 11) is 0. The molecule has 1 fully saturated rings. The van der Waals surface area contributed by atoms with Crippen molar-refractivity contribution in [2.24, 2.45) is 5.92 Å². The molecular formula is C16H22N4O. The standard InChI is InChI=1S/C16H22N4O/c1-10-5-4-6-20(9-10)15-11(2)7-17-16-14(15)13(8-18-16)19-12(3)21/h7-8,10H,4-6,9H2,1-3H3,(H,17,18)(H,19,21)/t10-/m1/s1. The van der Waals surface area contributed by atoms with Gasteiger partial charge in [-0.3, -0.25) is 4.79 Å². The first-order valence-corrected chi connectivity index (χ1v) is 7.55. The number of carbonyl (C=O) groups is 1. The fourth-order valence-corrected chi connectivity index (χ4v) is 3.26. The zero-order valence-electron chi connectivity index (χ0n) is 12.9. The fraction of sp³-hybridized carbons (Fsp3) is 0.500.